The fourth-order valence-electron chi connectivity index (χ4n) is 3.77. The van der Waals surface area contributed by atoms with Crippen molar-refractivity contribution in [2.24, 2.45) is 7.05 Å². The standard InChI is InChI=1S/C21H27N5O/c1-5-17-18-20-15(13-23-26(20)4)12-22-21(18)24-19(17)14-6-8-16(9-7-14)27-11-10-25(2)3/h6-9,12-13,21-22,24H,5,10-11H2,1-4H3. The summed E-state index contributed by atoms with van der Waals surface area (Å²) in [7, 11) is 6.10. The molecule has 1 aromatic carbocycles. The Morgan fingerprint density at radius 2 is 2.00 bits per heavy atom. The molecule has 2 aliphatic heterocycles. The van der Waals surface area contributed by atoms with Crippen LogP contribution in [0, 0.1) is 0 Å². The molecule has 0 radical (unpaired) electrons. The first-order valence-corrected chi connectivity index (χ1v) is 9.45. The Morgan fingerprint density at radius 3 is 2.70 bits per heavy atom. The van der Waals surface area contributed by atoms with Gasteiger partial charge in [0.2, 0.25) is 0 Å². The molecule has 0 amide bonds. The number of hydrogen-bond acceptors (Lipinski definition) is 5. The monoisotopic (exact) mass is 365 g/mol. The molecule has 0 aliphatic carbocycles. The summed E-state index contributed by atoms with van der Waals surface area (Å²) in [6, 6.07) is 8.37. The molecule has 4 rings (SSSR count). The molecule has 0 saturated carbocycles. The number of likely N-dealkylation sites (N-methyl/N-ethyl adjacent to an activating group) is 1. The summed E-state index contributed by atoms with van der Waals surface area (Å²) in [4.78, 5) is 2.12. The zero-order valence-corrected chi connectivity index (χ0v) is 16.4. The van der Waals surface area contributed by atoms with Crippen LogP contribution >= 0.6 is 0 Å². The van der Waals surface area contributed by atoms with Gasteiger partial charge in [0.05, 0.1) is 11.5 Å². The first-order valence-electron chi connectivity index (χ1n) is 9.45. The smallest absolute Gasteiger partial charge is 0.125 e. The molecule has 6 nitrogen and oxygen atoms in total. The van der Waals surface area contributed by atoms with Crippen LogP contribution in [0.1, 0.15) is 18.9 Å². The zero-order valence-electron chi connectivity index (χ0n) is 16.4. The van der Waals surface area contributed by atoms with Crippen LogP contribution in [0.15, 0.2) is 36.0 Å². The number of aromatic nitrogens is 2. The average molecular weight is 365 g/mol. The number of nitrogens with zero attached hydrogens (tertiary/aromatic N) is 3. The molecule has 1 atom stereocenters. The number of rotatable bonds is 6. The predicted octanol–water partition coefficient (Wildman–Crippen LogP) is 0.603. The van der Waals surface area contributed by atoms with Crippen LogP contribution in [0.5, 0.6) is 5.75 Å². The van der Waals surface area contributed by atoms with E-state index >= 15 is 0 Å². The highest BCUT2D eigenvalue weighted by molar-refractivity contribution is 5.89. The van der Waals surface area contributed by atoms with Crippen molar-refractivity contribution in [3.05, 3.63) is 52.2 Å². The number of benzene rings is 1. The van der Waals surface area contributed by atoms with Gasteiger partial charge in [0.1, 0.15) is 18.5 Å². The van der Waals surface area contributed by atoms with E-state index in [0.717, 1.165) is 23.9 Å². The lowest BCUT2D eigenvalue weighted by Crippen LogP contribution is -2.47. The molecule has 1 aromatic heterocycles. The summed E-state index contributed by atoms with van der Waals surface area (Å²) in [5.74, 6) is 0.905. The van der Waals surface area contributed by atoms with E-state index in [1.165, 1.54) is 27.8 Å². The number of ether oxygens (including phenoxy) is 1. The summed E-state index contributed by atoms with van der Waals surface area (Å²) < 4.78 is 7.79. The Balaban J connectivity index is 1.67. The number of hydrogen-bond donors (Lipinski definition) is 2. The summed E-state index contributed by atoms with van der Waals surface area (Å²) in [6.07, 6.45) is 5.01. The first kappa shape index (κ1) is 17.7. The Bertz CT molecular complexity index is 985. The average Bonchev–Trinajstić information content (AvgIpc) is 3.22. The van der Waals surface area contributed by atoms with Crippen LogP contribution in [0.3, 0.4) is 0 Å². The van der Waals surface area contributed by atoms with Crippen LogP contribution in [-0.4, -0.2) is 48.1 Å². The minimum atomic E-state index is 0.0915. The molecule has 1 unspecified atom stereocenters. The molecule has 6 heteroatoms. The van der Waals surface area contributed by atoms with Gasteiger partial charge in [-0.3, -0.25) is 4.68 Å². The molecule has 27 heavy (non-hydrogen) atoms. The van der Waals surface area contributed by atoms with Crippen molar-refractivity contribution in [2.45, 2.75) is 19.5 Å². The van der Waals surface area contributed by atoms with Crippen molar-refractivity contribution in [1.82, 2.24) is 25.3 Å². The van der Waals surface area contributed by atoms with Crippen molar-refractivity contribution in [2.75, 3.05) is 27.2 Å². The van der Waals surface area contributed by atoms with E-state index in [2.05, 4.69) is 51.8 Å². The van der Waals surface area contributed by atoms with Crippen LogP contribution in [0.25, 0.3) is 17.5 Å². The molecule has 2 aromatic rings. The summed E-state index contributed by atoms with van der Waals surface area (Å²) in [5.41, 5.74) is 5.01. The van der Waals surface area contributed by atoms with Crippen molar-refractivity contribution >= 4 is 17.5 Å². The lowest BCUT2D eigenvalue weighted by atomic mass is 9.98. The largest absolute Gasteiger partial charge is 0.492 e. The SMILES string of the molecule is CCC1=C(c2ccc(OCCN(C)C)cc2)NC2NC=c3cnn(C)c3=C12. The van der Waals surface area contributed by atoms with Gasteiger partial charge in [-0.05, 0) is 55.9 Å². The molecule has 0 spiro atoms. The van der Waals surface area contributed by atoms with Crippen LogP contribution < -0.4 is 25.9 Å². The van der Waals surface area contributed by atoms with Gasteiger partial charge < -0.3 is 20.3 Å². The summed E-state index contributed by atoms with van der Waals surface area (Å²) in [5, 5.41) is 13.9. The molecule has 3 heterocycles. The van der Waals surface area contributed by atoms with Crippen molar-refractivity contribution < 1.29 is 4.74 Å². The molecule has 0 fully saturated rings. The molecular formula is C21H27N5O. The Kier molecular flexibility index (Phi) is 4.66. The highest BCUT2D eigenvalue weighted by Crippen LogP contribution is 2.33. The second-order valence-electron chi connectivity index (χ2n) is 7.26. The minimum Gasteiger partial charge on any atom is -0.492 e. The van der Waals surface area contributed by atoms with E-state index in [-0.39, 0.29) is 6.17 Å². The minimum absolute atomic E-state index is 0.0915. The fraction of sp³-hybridized carbons (Fsp3) is 0.381. The number of nitrogens with one attached hydrogen (secondary N) is 2. The van der Waals surface area contributed by atoms with E-state index in [4.69, 9.17) is 4.74 Å². The molecule has 2 aliphatic rings. The van der Waals surface area contributed by atoms with Crippen molar-refractivity contribution in [1.29, 1.82) is 0 Å². The first-order chi connectivity index (χ1) is 13.1. The van der Waals surface area contributed by atoms with Crippen molar-refractivity contribution in [3.8, 4) is 5.75 Å². The lowest BCUT2D eigenvalue weighted by molar-refractivity contribution is 0.261. The van der Waals surface area contributed by atoms with Crippen LogP contribution in [0.4, 0.5) is 0 Å². The van der Waals surface area contributed by atoms with E-state index in [0.29, 0.717) is 6.61 Å². The normalized spacial score (nSPS) is 18.0. The second-order valence-corrected chi connectivity index (χ2v) is 7.26. The second kappa shape index (κ2) is 7.12. The van der Waals surface area contributed by atoms with Gasteiger partial charge in [-0.15, -0.1) is 0 Å². The van der Waals surface area contributed by atoms with Gasteiger partial charge in [-0.25, -0.2) is 0 Å². The van der Waals surface area contributed by atoms with Gasteiger partial charge in [0, 0.05) is 36.3 Å². The Labute approximate surface area is 159 Å². The highest BCUT2D eigenvalue weighted by atomic mass is 16.5. The van der Waals surface area contributed by atoms with Gasteiger partial charge in [-0.1, -0.05) is 6.92 Å². The molecular weight excluding hydrogens is 338 g/mol. The molecule has 2 N–H and O–H groups in total. The maximum atomic E-state index is 5.82. The number of fused-ring (bicyclic) bond motifs is 2. The number of aryl methyl sites for hydroxylation is 1. The van der Waals surface area contributed by atoms with E-state index in [1.54, 1.807) is 0 Å². The Hall–Kier alpha value is -2.73. The van der Waals surface area contributed by atoms with E-state index in [1.807, 2.05) is 38.2 Å². The summed E-state index contributed by atoms with van der Waals surface area (Å²) in [6.45, 7) is 3.81. The van der Waals surface area contributed by atoms with Gasteiger partial charge in [0.15, 0.2) is 0 Å². The van der Waals surface area contributed by atoms with Crippen LogP contribution in [-0.2, 0) is 7.05 Å². The molecule has 0 bridgehead atoms. The van der Waals surface area contributed by atoms with Crippen molar-refractivity contribution in [3.63, 3.8) is 0 Å². The summed E-state index contributed by atoms with van der Waals surface area (Å²) >= 11 is 0. The van der Waals surface area contributed by atoms with Gasteiger partial charge >= 0.3 is 0 Å². The van der Waals surface area contributed by atoms with E-state index < -0.39 is 0 Å². The quantitative estimate of drug-likeness (QED) is 0.785. The van der Waals surface area contributed by atoms with Crippen LogP contribution in [0.2, 0.25) is 0 Å². The Morgan fingerprint density at radius 1 is 1.22 bits per heavy atom. The lowest BCUT2D eigenvalue weighted by Gasteiger charge is -2.18. The topological polar surface area (TPSA) is 54.4 Å². The highest BCUT2D eigenvalue weighted by Gasteiger charge is 2.31. The molecule has 0 saturated heterocycles. The maximum absolute atomic E-state index is 5.82. The van der Waals surface area contributed by atoms with Gasteiger partial charge in [-0.2, -0.15) is 5.10 Å². The third kappa shape index (κ3) is 3.21. The third-order valence-electron chi connectivity index (χ3n) is 5.14. The predicted molar refractivity (Wildman–Crippen MR) is 108 cm³/mol. The molecule has 142 valence electrons. The third-order valence-corrected chi connectivity index (χ3v) is 5.14. The zero-order chi connectivity index (χ0) is 19.0. The maximum Gasteiger partial charge on any atom is 0.125 e. The van der Waals surface area contributed by atoms with Gasteiger partial charge in [0.25, 0.3) is 0 Å². The fourth-order valence-corrected chi connectivity index (χ4v) is 3.77. The van der Waals surface area contributed by atoms with E-state index in [9.17, 15) is 0 Å².